The molecule has 4 nitrogen and oxygen atoms in total. The molecule has 0 spiro atoms. The van der Waals surface area contributed by atoms with E-state index < -0.39 is 18.6 Å². The Hall–Kier alpha value is -1.79. The Morgan fingerprint density at radius 3 is 2.50 bits per heavy atom. The van der Waals surface area contributed by atoms with Crippen molar-refractivity contribution >= 4 is 11.6 Å². The topological polar surface area (TPSA) is 45.2 Å². The zero-order valence-electron chi connectivity index (χ0n) is 11.5. The minimum atomic E-state index is -4.41. The number of carbonyl (C=O) groups excluding carboxylic acids is 1. The molecule has 0 aliphatic heterocycles. The molecule has 1 rings (SSSR count). The summed E-state index contributed by atoms with van der Waals surface area (Å²) in [5, 5.41) is 3.07. The van der Waals surface area contributed by atoms with Crippen LogP contribution in [0, 0.1) is 0 Å². The average molecular weight is 289 g/mol. The summed E-state index contributed by atoms with van der Waals surface area (Å²) >= 11 is 0. The molecule has 0 aromatic carbocycles. The predicted molar refractivity (Wildman–Crippen MR) is 70.7 cm³/mol. The lowest BCUT2D eigenvalue weighted by Gasteiger charge is -2.21. The van der Waals surface area contributed by atoms with Crippen molar-refractivity contribution in [3.8, 4) is 0 Å². The van der Waals surface area contributed by atoms with Gasteiger partial charge in [0.1, 0.15) is 12.2 Å². The van der Waals surface area contributed by atoms with Crippen LogP contribution < -0.4 is 5.32 Å². The van der Waals surface area contributed by atoms with Gasteiger partial charge in [-0.2, -0.15) is 13.2 Å². The summed E-state index contributed by atoms with van der Waals surface area (Å²) in [6.07, 6.45) is -2.02. The molecule has 0 aliphatic carbocycles. The Kier molecular flexibility index (Phi) is 5.79. The maximum absolute atomic E-state index is 12.3. The molecule has 20 heavy (non-hydrogen) atoms. The number of hydrogen-bond donors (Lipinski definition) is 1. The molecule has 1 N–H and O–H groups in total. The molecule has 7 heteroatoms. The summed E-state index contributed by atoms with van der Waals surface area (Å²) in [5.74, 6) is -0.716. The number of hydrogen-bond acceptors (Lipinski definition) is 3. The molecule has 0 aliphatic rings. The largest absolute Gasteiger partial charge is 0.406 e. The number of nitrogens with one attached hydrogen (secondary N) is 1. The SMILES string of the molecule is CCCNc1ccc(C(=O)N(CC)CC(F)(F)F)nc1. The molecule has 0 unspecified atom stereocenters. The standard InChI is InChI=1S/C13H18F3N3O/c1-3-7-17-10-5-6-11(18-8-10)12(20)19(4-2)9-13(14,15)16/h5-6,8,17H,3-4,7,9H2,1-2H3. The average Bonchev–Trinajstić information content (AvgIpc) is 2.41. The summed E-state index contributed by atoms with van der Waals surface area (Å²) in [6.45, 7) is 3.00. The van der Waals surface area contributed by atoms with E-state index in [1.54, 1.807) is 6.07 Å². The zero-order chi connectivity index (χ0) is 15.2. The highest BCUT2D eigenvalue weighted by Crippen LogP contribution is 2.18. The molecule has 1 amide bonds. The van der Waals surface area contributed by atoms with Gasteiger partial charge in [-0.3, -0.25) is 4.79 Å². The molecule has 0 saturated carbocycles. The third-order valence-electron chi connectivity index (χ3n) is 2.60. The van der Waals surface area contributed by atoms with Crippen molar-refractivity contribution < 1.29 is 18.0 Å². The van der Waals surface area contributed by atoms with E-state index in [0.717, 1.165) is 23.6 Å². The summed E-state index contributed by atoms with van der Waals surface area (Å²) in [4.78, 5) is 16.6. The smallest absolute Gasteiger partial charge is 0.384 e. The first kappa shape index (κ1) is 16.3. The Balaban J connectivity index is 2.75. The van der Waals surface area contributed by atoms with E-state index in [1.165, 1.54) is 19.2 Å². The maximum atomic E-state index is 12.3. The molecular formula is C13H18F3N3O. The second-order valence-electron chi connectivity index (χ2n) is 4.29. The lowest BCUT2D eigenvalue weighted by atomic mass is 10.3. The fourth-order valence-corrected chi connectivity index (χ4v) is 1.60. The molecule has 1 aromatic rings. The maximum Gasteiger partial charge on any atom is 0.406 e. The third kappa shape index (κ3) is 5.07. The van der Waals surface area contributed by atoms with Gasteiger partial charge in [0.25, 0.3) is 5.91 Å². The van der Waals surface area contributed by atoms with Gasteiger partial charge >= 0.3 is 6.18 Å². The van der Waals surface area contributed by atoms with Crippen molar-refractivity contribution in [1.29, 1.82) is 0 Å². The van der Waals surface area contributed by atoms with Gasteiger partial charge in [0.15, 0.2) is 0 Å². The fourth-order valence-electron chi connectivity index (χ4n) is 1.60. The second kappa shape index (κ2) is 7.12. The summed E-state index contributed by atoms with van der Waals surface area (Å²) in [6, 6.07) is 3.07. The van der Waals surface area contributed by atoms with Crippen molar-refractivity contribution in [2.75, 3.05) is 25.0 Å². The Labute approximate surface area is 116 Å². The molecule has 1 aromatic heterocycles. The van der Waals surface area contributed by atoms with Crippen LogP contribution in [-0.2, 0) is 0 Å². The van der Waals surface area contributed by atoms with E-state index in [0.29, 0.717) is 0 Å². The van der Waals surface area contributed by atoms with Crippen molar-refractivity contribution in [3.63, 3.8) is 0 Å². The van der Waals surface area contributed by atoms with Crippen molar-refractivity contribution in [2.45, 2.75) is 26.4 Å². The van der Waals surface area contributed by atoms with Crippen LogP contribution in [0.3, 0.4) is 0 Å². The van der Waals surface area contributed by atoms with Crippen LogP contribution >= 0.6 is 0 Å². The number of rotatable bonds is 6. The van der Waals surface area contributed by atoms with Crippen LogP contribution in [0.15, 0.2) is 18.3 Å². The van der Waals surface area contributed by atoms with Crippen LogP contribution in [0.25, 0.3) is 0 Å². The normalized spacial score (nSPS) is 11.2. The predicted octanol–water partition coefficient (Wildman–Crippen LogP) is 2.93. The fraction of sp³-hybridized carbons (Fsp3) is 0.538. The van der Waals surface area contributed by atoms with Crippen molar-refractivity contribution in [1.82, 2.24) is 9.88 Å². The first-order valence-electron chi connectivity index (χ1n) is 6.43. The molecule has 0 bridgehead atoms. The number of aromatic nitrogens is 1. The number of halogens is 3. The van der Waals surface area contributed by atoms with Crippen LogP contribution in [-0.4, -0.2) is 41.6 Å². The first-order chi connectivity index (χ1) is 9.37. The molecule has 0 atom stereocenters. The van der Waals surface area contributed by atoms with Crippen LogP contribution in [0.2, 0.25) is 0 Å². The number of amides is 1. The highest BCUT2D eigenvalue weighted by Gasteiger charge is 2.32. The first-order valence-corrected chi connectivity index (χ1v) is 6.43. The molecule has 0 fully saturated rings. The van der Waals surface area contributed by atoms with Gasteiger partial charge in [-0.25, -0.2) is 4.98 Å². The molecule has 0 radical (unpaired) electrons. The second-order valence-corrected chi connectivity index (χ2v) is 4.29. The van der Waals surface area contributed by atoms with Gasteiger partial charge < -0.3 is 10.2 Å². The van der Waals surface area contributed by atoms with Crippen molar-refractivity contribution in [3.05, 3.63) is 24.0 Å². The quantitative estimate of drug-likeness (QED) is 0.875. The zero-order valence-corrected chi connectivity index (χ0v) is 11.5. The van der Waals surface area contributed by atoms with Gasteiger partial charge in [0.05, 0.1) is 11.9 Å². The Bertz CT molecular complexity index is 431. The molecule has 0 saturated heterocycles. The van der Waals surface area contributed by atoms with E-state index in [4.69, 9.17) is 0 Å². The molecule has 1 heterocycles. The summed E-state index contributed by atoms with van der Waals surface area (Å²) in [5.41, 5.74) is 0.750. The van der Waals surface area contributed by atoms with E-state index in [1.807, 2.05) is 6.92 Å². The number of carbonyl (C=O) groups is 1. The summed E-state index contributed by atoms with van der Waals surface area (Å²) < 4.78 is 37.0. The number of alkyl halides is 3. The number of nitrogens with zero attached hydrogens (tertiary/aromatic N) is 2. The van der Waals surface area contributed by atoms with Gasteiger partial charge in [0.2, 0.25) is 0 Å². The Morgan fingerprint density at radius 1 is 1.35 bits per heavy atom. The van der Waals surface area contributed by atoms with Crippen LogP contribution in [0.4, 0.5) is 18.9 Å². The Morgan fingerprint density at radius 2 is 2.05 bits per heavy atom. The number of pyridine rings is 1. The van der Waals surface area contributed by atoms with E-state index >= 15 is 0 Å². The monoisotopic (exact) mass is 289 g/mol. The summed E-state index contributed by atoms with van der Waals surface area (Å²) in [7, 11) is 0. The van der Waals surface area contributed by atoms with Crippen LogP contribution in [0.1, 0.15) is 30.8 Å². The number of anilines is 1. The highest BCUT2D eigenvalue weighted by atomic mass is 19.4. The van der Waals surface area contributed by atoms with E-state index in [-0.39, 0.29) is 12.2 Å². The van der Waals surface area contributed by atoms with Crippen molar-refractivity contribution in [2.24, 2.45) is 0 Å². The minimum Gasteiger partial charge on any atom is -0.384 e. The van der Waals surface area contributed by atoms with Gasteiger partial charge in [-0.1, -0.05) is 6.92 Å². The lowest BCUT2D eigenvalue weighted by molar-refractivity contribution is -0.140. The van der Waals surface area contributed by atoms with Gasteiger partial charge in [-0.05, 0) is 25.5 Å². The van der Waals surface area contributed by atoms with Gasteiger partial charge in [-0.15, -0.1) is 0 Å². The van der Waals surface area contributed by atoms with Crippen LogP contribution in [0.5, 0.6) is 0 Å². The lowest BCUT2D eigenvalue weighted by Crippen LogP contribution is -2.39. The molecule has 112 valence electrons. The molecular weight excluding hydrogens is 271 g/mol. The third-order valence-corrected chi connectivity index (χ3v) is 2.60. The van der Waals surface area contributed by atoms with E-state index in [2.05, 4.69) is 10.3 Å². The minimum absolute atomic E-state index is 0.0122. The van der Waals surface area contributed by atoms with Gasteiger partial charge in [0, 0.05) is 13.1 Å². The van der Waals surface area contributed by atoms with E-state index in [9.17, 15) is 18.0 Å². The highest BCUT2D eigenvalue weighted by molar-refractivity contribution is 5.92.